The van der Waals surface area contributed by atoms with Crippen molar-refractivity contribution in [2.75, 3.05) is 13.1 Å². The molecule has 0 aromatic heterocycles. The van der Waals surface area contributed by atoms with Crippen molar-refractivity contribution in [2.24, 2.45) is 5.92 Å². The van der Waals surface area contributed by atoms with Gasteiger partial charge in [0.05, 0.1) is 0 Å². The zero-order valence-corrected chi connectivity index (χ0v) is 6.33. The number of hydrogen-bond donors (Lipinski definition) is 1. The molecule has 1 fully saturated rings. The van der Waals surface area contributed by atoms with Crippen LogP contribution in [0.15, 0.2) is 0 Å². The first-order chi connectivity index (χ1) is 3.80. The Morgan fingerprint density at radius 3 is 2.67 bits per heavy atom. The van der Waals surface area contributed by atoms with Crippen LogP contribution in [0.25, 0.3) is 0 Å². The van der Waals surface area contributed by atoms with Crippen LogP contribution in [-0.2, 0) is 4.79 Å². The van der Waals surface area contributed by atoms with Gasteiger partial charge < -0.3 is 5.32 Å². The number of carbonyl (C=O) groups is 1. The van der Waals surface area contributed by atoms with Gasteiger partial charge in [-0.3, -0.25) is 4.79 Å². The fraction of sp³-hybridized carbons (Fsp3) is 0.833. The second kappa shape index (κ2) is 3.85. The summed E-state index contributed by atoms with van der Waals surface area (Å²) in [6.45, 7) is 3.72. The largest absolute Gasteiger partial charge is 0.316 e. The lowest BCUT2D eigenvalue weighted by Crippen LogP contribution is -2.34. The Hall–Kier alpha value is -0.0800. The highest BCUT2D eigenvalue weighted by atomic mass is 35.5. The Bertz CT molecular complexity index is 105. The van der Waals surface area contributed by atoms with E-state index in [-0.39, 0.29) is 18.3 Å². The Morgan fingerprint density at radius 2 is 2.33 bits per heavy atom. The van der Waals surface area contributed by atoms with Crippen LogP contribution in [0.4, 0.5) is 0 Å². The summed E-state index contributed by atoms with van der Waals surface area (Å²) in [7, 11) is 0. The zero-order valence-electron chi connectivity index (χ0n) is 5.52. The number of piperidine rings is 1. The van der Waals surface area contributed by atoms with Gasteiger partial charge in [-0.15, -0.1) is 12.4 Å². The summed E-state index contributed by atoms with van der Waals surface area (Å²) in [5, 5.41) is 3.14. The van der Waals surface area contributed by atoms with Gasteiger partial charge in [-0.05, 0) is 0 Å². The molecular formula is C6H12ClNO. The zero-order chi connectivity index (χ0) is 5.98. The number of halogens is 1. The maximum Gasteiger partial charge on any atom is 0.138 e. The summed E-state index contributed by atoms with van der Waals surface area (Å²) in [5.41, 5.74) is 0. The molecule has 2 nitrogen and oxygen atoms in total. The molecule has 1 aliphatic rings. The van der Waals surface area contributed by atoms with Crippen LogP contribution in [0.5, 0.6) is 0 Å². The van der Waals surface area contributed by atoms with Gasteiger partial charge in [-0.1, -0.05) is 6.92 Å². The smallest absolute Gasteiger partial charge is 0.138 e. The standard InChI is InChI=1S/C6H11NO.ClH/c1-5-4-7-3-2-6(5)8;/h5,7H,2-4H2,1H3;1H/t5-;/m1./s1. The molecule has 1 rings (SSSR count). The normalized spacial score (nSPS) is 27.2. The molecule has 1 saturated heterocycles. The molecule has 9 heavy (non-hydrogen) atoms. The van der Waals surface area contributed by atoms with Crippen molar-refractivity contribution in [1.82, 2.24) is 5.32 Å². The molecule has 1 heterocycles. The lowest BCUT2D eigenvalue weighted by atomic mass is 10.0. The van der Waals surface area contributed by atoms with Crippen molar-refractivity contribution in [1.29, 1.82) is 0 Å². The SMILES string of the molecule is C[C@@H]1CNCCC1=O.Cl. The maximum atomic E-state index is 10.8. The topological polar surface area (TPSA) is 29.1 Å². The molecule has 3 heteroatoms. The van der Waals surface area contributed by atoms with Gasteiger partial charge in [0.1, 0.15) is 5.78 Å². The first kappa shape index (κ1) is 8.92. The molecule has 1 N–H and O–H groups in total. The molecule has 0 spiro atoms. The molecule has 1 aliphatic heterocycles. The van der Waals surface area contributed by atoms with Gasteiger partial charge in [0.2, 0.25) is 0 Å². The van der Waals surface area contributed by atoms with Crippen LogP contribution in [0.3, 0.4) is 0 Å². The van der Waals surface area contributed by atoms with Crippen LogP contribution in [0, 0.1) is 5.92 Å². The van der Waals surface area contributed by atoms with Crippen molar-refractivity contribution < 1.29 is 4.79 Å². The van der Waals surface area contributed by atoms with Gasteiger partial charge in [0, 0.05) is 25.4 Å². The van der Waals surface area contributed by atoms with Gasteiger partial charge in [-0.2, -0.15) is 0 Å². The van der Waals surface area contributed by atoms with E-state index in [1.807, 2.05) is 6.92 Å². The van der Waals surface area contributed by atoms with Gasteiger partial charge in [0.25, 0.3) is 0 Å². The maximum absolute atomic E-state index is 10.8. The first-order valence-corrected chi connectivity index (χ1v) is 3.04. The number of nitrogens with one attached hydrogen (secondary N) is 1. The second-order valence-corrected chi connectivity index (χ2v) is 2.32. The number of Topliss-reactive ketones (excluding diaryl/α,β-unsaturated/α-hetero) is 1. The third kappa shape index (κ3) is 2.33. The Morgan fingerprint density at radius 1 is 1.67 bits per heavy atom. The van der Waals surface area contributed by atoms with Crippen LogP contribution >= 0.6 is 12.4 Å². The van der Waals surface area contributed by atoms with E-state index < -0.39 is 0 Å². The summed E-state index contributed by atoms with van der Waals surface area (Å²) in [5.74, 6) is 0.660. The second-order valence-electron chi connectivity index (χ2n) is 2.32. The predicted octanol–water partition coefficient (Wildman–Crippen LogP) is 0.607. The summed E-state index contributed by atoms with van der Waals surface area (Å²) in [6.07, 6.45) is 0.723. The van der Waals surface area contributed by atoms with E-state index in [9.17, 15) is 4.79 Å². The van der Waals surface area contributed by atoms with E-state index in [2.05, 4.69) is 5.32 Å². The molecule has 0 aromatic rings. The quantitative estimate of drug-likeness (QED) is 0.547. The van der Waals surface area contributed by atoms with Crippen molar-refractivity contribution >= 4 is 18.2 Å². The van der Waals surface area contributed by atoms with E-state index in [0.717, 1.165) is 19.5 Å². The molecule has 0 bridgehead atoms. The fourth-order valence-corrected chi connectivity index (χ4v) is 0.890. The monoisotopic (exact) mass is 149 g/mol. The van der Waals surface area contributed by atoms with E-state index in [4.69, 9.17) is 0 Å². The van der Waals surface area contributed by atoms with Gasteiger partial charge in [-0.25, -0.2) is 0 Å². The van der Waals surface area contributed by atoms with Crippen molar-refractivity contribution in [3.63, 3.8) is 0 Å². The number of ketones is 1. The summed E-state index contributed by atoms with van der Waals surface area (Å²) >= 11 is 0. The molecule has 0 saturated carbocycles. The first-order valence-electron chi connectivity index (χ1n) is 3.04. The molecule has 0 aliphatic carbocycles. The van der Waals surface area contributed by atoms with Gasteiger partial charge in [0.15, 0.2) is 0 Å². The molecule has 1 atom stereocenters. The fourth-order valence-electron chi connectivity index (χ4n) is 0.890. The van der Waals surface area contributed by atoms with Crippen LogP contribution in [-0.4, -0.2) is 18.9 Å². The highest BCUT2D eigenvalue weighted by Gasteiger charge is 2.15. The summed E-state index contributed by atoms with van der Waals surface area (Å²) in [4.78, 5) is 10.8. The van der Waals surface area contributed by atoms with E-state index in [1.54, 1.807) is 0 Å². The summed E-state index contributed by atoms with van der Waals surface area (Å²) in [6, 6.07) is 0. The minimum Gasteiger partial charge on any atom is -0.316 e. The van der Waals surface area contributed by atoms with Crippen molar-refractivity contribution in [3.8, 4) is 0 Å². The third-order valence-electron chi connectivity index (χ3n) is 1.55. The minimum atomic E-state index is 0. The molecular weight excluding hydrogens is 138 g/mol. The van der Waals surface area contributed by atoms with Crippen LogP contribution in [0.2, 0.25) is 0 Å². The minimum absolute atomic E-state index is 0. The Balaban J connectivity index is 0.000000640. The van der Waals surface area contributed by atoms with E-state index in [1.165, 1.54) is 0 Å². The third-order valence-corrected chi connectivity index (χ3v) is 1.55. The summed E-state index contributed by atoms with van der Waals surface area (Å²) < 4.78 is 0. The molecule has 0 unspecified atom stereocenters. The lowest BCUT2D eigenvalue weighted by molar-refractivity contribution is -0.123. The number of hydrogen-bond acceptors (Lipinski definition) is 2. The average Bonchev–Trinajstić information content (AvgIpc) is 1.77. The van der Waals surface area contributed by atoms with Crippen LogP contribution in [0.1, 0.15) is 13.3 Å². The molecule has 0 radical (unpaired) electrons. The highest BCUT2D eigenvalue weighted by Crippen LogP contribution is 2.02. The Labute approximate surface area is 61.4 Å². The highest BCUT2D eigenvalue weighted by molar-refractivity contribution is 5.85. The van der Waals surface area contributed by atoms with E-state index >= 15 is 0 Å². The Kier molecular flexibility index (Phi) is 3.82. The molecule has 54 valence electrons. The molecule has 0 amide bonds. The molecule has 0 aromatic carbocycles. The average molecular weight is 150 g/mol. The lowest BCUT2D eigenvalue weighted by Gasteiger charge is -2.16. The van der Waals surface area contributed by atoms with Crippen molar-refractivity contribution in [2.45, 2.75) is 13.3 Å². The van der Waals surface area contributed by atoms with Crippen molar-refractivity contribution in [3.05, 3.63) is 0 Å². The van der Waals surface area contributed by atoms with Gasteiger partial charge >= 0.3 is 0 Å². The number of rotatable bonds is 0. The number of carbonyl (C=O) groups excluding carboxylic acids is 1. The van der Waals surface area contributed by atoms with E-state index in [0.29, 0.717) is 5.78 Å². The predicted molar refractivity (Wildman–Crippen MR) is 38.9 cm³/mol. The van der Waals surface area contributed by atoms with Crippen LogP contribution < -0.4 is 5.32 Å².